The van der Waals surface area contributed by atoms with Crippen molar-refractivity contribution in [2.75, 3.05) is 31.1 Å². The van der Waals surface area contributed by atoms with Crippen molar-refractivity contribution in [2.24, 2.45) is 0 Å². The zero-order chi connectivity index (χ0) is 12.4. The van der Waals surface area contributed by atoms with E-state index < -0.39 is 0 Å². The first kappa shape index (κ1) is 11.6. The topological polar surface area (TPSA) is 41.1 Å². The molecule has 1 fully saturated rings. The van der Waals surface area contributed by atoms with Crippen LogP contribution in [0.5, 0.6) is 0 Å². The molecule has 0 bridgehead atoms. The average molecular weight is 264 g/mol. The summed E-state index contributed by atoms with van der Waals surface area (Å²) >= 11 is 1.44. The number of rotatable bonds is 2. The predicted molar refractivity (Wildman–Crippen MR) is 70.4 cm³/mol. The molecular weight excluding hydrogens is 251 g/mol. The number of benzene rings is 1. The van der Waals surface area contributed by atoms with Gasteiger partial charge in [0, 0.05) is 31.7 Å². The van der Waals surface area contributed by atoms with Crippen LogP contribution in [0.15, 0.2) is 24.3 Å². The monoisotopic (exact) mass is 264 g/mol. The van der Waals surface area contributed by atoms with Gasteiger partial charge in [0.05, 0.1) is 0 Å². The summed E-state index contributed by atoms with van der Waals surface area (Å²) < 4.78 is 13.6. The van der Waals surface area contributed by atoms with Crippen molar-refractivity contribution in [3.8, 4) is 10.6 Å². The van der Waals surface area contributed by atoms with E-state index in [2.05, 4.69) is 20.4 Å². The van der Waals surface area contributed by atoms with Crippen LogP contribution in [0.4, 0.5) is 9.52 Å². The molecule has 18 heavy (non-hydrogen) atoms. The van der Waals surface area contributed by atoms with Gasteiger partial charge in [-0.2, -0.15) is 0 Å². The summed E-state index contributed by atoms with van der Waals surface area (Å²) in [5.74, 6) is -0.250. The van der Waals surface area contributed by atoms with Crippen LogP contribution in [0, 0.1) is 5.82 Å². The third-order valence-corrected chi connectivity index (χ3v) is 3.92. The lowest BCUT2D eigenvalue weighted by Crippen LogP contribution is -2.43. The smallest absolute Gasteiger partial charge is 0.208 e. The van der Waals surface area contributed by atoms with E-state index in [-0.39, 0.29) is 5.82 Å². The Morgan fingerprint density at radius 3 is 2.72 bits per heavy atom. The van der Waals surface area contributed by atoms with Gasteiger partial charge in [-0.3, -0.25) is 0 Å². The zero-order valence-electron chi connectivity index (χ0n) is 9.77. The molecule has 1 aliphatic heterocycles. The van der Waals surface area contributed by atoms with Gasteiger partial charge in [-0.05, 0) is 12.1 Å². The number of hydrogen-bond donors (Lipinski definition) is 1. The summed E-state index contributed by atoms with van der Waals surface area (Å²) in [6.45, 7) is 3.75. The van der Waals surface area contributed by atoms with Crippen LogP contribution in [0.1, 0.15) is 0 Å². The molecule has 0 unspecified atom stereocenters. The van der Waals surface area contributed by atoms with Gasteiger partial charge in [0.25, 0.3) is 0 Å². The molecule has 1 N–H and O–H groups in total. The number of aromatic nitrogens is 2. The van der Waals surface area contributed by atoms with Crippen molar-refractivity contribution < 1.29 is 4.39 Å². The molecule has 4 nitrogen and oxygen atoms in total. The highest BCUT2D eigenvalue weighted by Gasteiger charge is 2.16. The van der Waals surface area contributed by atoms with Crippen LogP contribution < -0.4 is 10.2 Å². The second kappa shape index (κ2) is 4.99. The fourth-order valence-corrected chi connectivity index (χ4v) is 2.87. The lowest BCUT2D eigenvalue weighted by Gasteiger charge is -2.26. The van der Waals surface area contributed by atoms with Gasteiger partial charge in [-0.1, -0.05) is 23.5 Å². The van der Waals surface area contributed by atoms with E-state index in [1.807, 2.05) is 6.07 Å². The largest absolute Gasteiger partial charge is 0.344 e. The zero-order valence-corrected chi connectivity index (χ0v) is 10.6. The van der Waals surface area contributed by atoms with E-state index in [4.69, 9.17) is 0 Å². The molecule has 0 spiro atoms. The molecule has 1 aromatic carbocycles. The Morgan fingerprint density at radius 2 is 1.94 bits per heavy atom. The van der Waals surface area contributed by atoms with Crippen molar-refractivity contribution in [3.05, 3.63) is 30.1 Å². The van der Waals surface area contributed by atoms with Crippen molar-refractivity contribution >= 4 is 16.5 Å². The fraction of sp³-hybridized carbons (Fsp3) is 0.333. The molecule has 3 rings (SSSR count). The quantitative estimate of drug-likeness (QED) is 0.897. The fourth-order valence-electron chi connectivity index (χ4n) is 1.94. The minimum Gasteiger partial charge on any atom is -0.344 e. The number of nitrogens with one attached hydrogen (secondary N) is 1. The summed E-state index contributed by atoms with van der Waals surface area (Å²) in [7, 11) is 0. The predicted octanol–water partition coefficient (Wildman–Crippen LogP) is 1.75. The minimum atomic E-state index is -0.250. The molecule has 1 saturated heterocycles. The Bertz CT molecular complexity index is 536. The summed E-state index contributed by atoms with van der Waals surface area (Å²) in [5, 5.41) is 13.0. The highest BCUT2D eigenvalue weighted by Crippen LogP contribution is 2.30. The second-order valence-electron chi connectivity index (χ2n) is 4.11. The van der Waals surface area contributed by atoms with E-state index in [1.54, 1.807) is 12.1 Å². The van der Waals surface area contributed by atoms with E-state index in [0.717, 1.165) is 31.3 Å². The third-order valence-electron chi connectivity index (χ3n) is 2.91. The maximum Gasteiger partial charge on any atom is 0.208 e. The van der Waals surface area contributed by atoms with Crippen LogP contribution in [0.25, 0.3) is 10.6 Å². The minimum absolute atomic E-state index is 0.250. The van der Waals surface area contributed by atoms with Gasteiger partial charge in [0.2, 0.25) is 5.13 Å². The molecule has 0 radical (unpaired) electrons. The summed E-state index contributed by atoms with van der Waals surface area (Å²) in [6, 6.07) is 6.67. The van der Waals surface area contributed by atoms with Gasteiger partial charge >= 0.3 is 0 Å². The molecule has 6 heteroatoms. The molecular formula is C12H13FN4S. The van der Waals surface area contributed by atoms with Crippen molar-refractivity contribution in [2.45, 2.75) is 0 Å². The molecule has 0 atom stereocenters. The Kier molecular flexibility index (Phi) is 3.21. The Balaban J connectivity index is 1.87. The highest BCUT2D eigenvalue weighted by atomic mass is 32.1. The molecule has 2 aromatic rings. The number of anilines is 1. The lowest BCUT2D eigenvalue weighted by atomic mass is 10.2. The first-order chi connectivity index (χ1) is 8.84. The molecule has 94 valence electrons. The molecule has 1 aliphatic rings. The summed E-state index contributed by atoms with van der Waals surface area (Å²) in [5.41, 5.74) is 0.524. The number of hydrogen-bond acceptors (Lipinski definition) is 5. The number of halogens is 1. The van der Waals surface area contributed by atoms with Crippen LogP contribution >= 0.6 is 11.3 Å². The molecule has 2 heterocycles. The standard InChI is InChI=1S/C12H13FN4S/c13-10-4-2-1-3-9(10)11-15-16-12(18-11)17-7-5-14-6-8-17/h1-4,14H,5-8H2. The average Bonchev–Trinajstić information content (AvgIpc) is 2.90. The van der Waals surface area contributed by atoms with E-state index in [9.17, 15) is 4.39 Å². The molecule has 1 aromatic heterocycles. The van der Waals surface area contributed by atoms with Crippen molar-refractivity contribution in [3.63, 3.8) is 0 Å². The van der Waals surface area contributed by atoms with Crippen molar-refractivity contribution in [1.82, 2.24) is 15.5 Å². The maximum absolute atomic E-state index is 13.6. The van der Waals surface area contributed by atoms with Crippen LogP contribution in [0.3, 0.4) is 0 Å². The van der Waals surface area contributed by atoms with Crippen molar-refractivity contribution in [1.29, 1.82) is 0 Å². The van der Waals surface area contributed by atoms with Gasteiger partial charge in [0.15, 0.2) is 5.01 Å². The first-order valence-electron chi connectivity index (χ1n) is 5.88. The van der Waals surface area contributed by atoms with Gasteiger partial charge in [-0.15, -0.1) is 10.2 Å². The third kappa shape index (κ3) is 2.21. The SMILES string of the molecule is Fc1ccccc1-c1nnc(N2CCNCC2)s1. The second-order valence-corrected chi connectivity index (χ2v) is 5.06. The number of piperazine rings is 1. The van der Waals surface area contributed by atoms with Crippen LogP contribution in [-0.4, -0.2) is 36.4 Å². The van der Waals surface area contributed by atoms with E-state index >= 15 is 0 Å². The first-order valence-corrected chi connectivity index (χ1v) is 6.70. The molecule has 0 amide bonds. The van der Waals surface area contributed by atoms with E-state index in [1.165, 1.54) is 17.4 Å². The lowest BCUT2D eigenvalue weighted by molar-refractivity contribution is 0.587. The van der Waals surface area contributed by atoms with E-state index in [0.29, 0.717) is 10.6 Å². The highest BCUT2D eigenvalue weighted by molar-refractivity contribution is 7.18. The normalized spacial score (nSPS) is 15.9. The maximum atomic E-state index is 13.6. The Labute approximate surface area is 108 Å². The molecule has 0 saturated carbocycles. The van der Waals surface area contributed by atoms with Gasteiger partial charge < -0.3 is 10.2 Å². The summed E-state index contributed by atoms with van der Waals surface area (Å²) in [4.78, 5) is 2.18. The summed E-state index contributed by atoms with van der Waals surface area (Å²) in [6.07, 6.45) is 0. The Morgan fingerprint density at radius 1 is 1.17 bits per heavy atom. The van der Waals surface area contributed by atoms with Gasteiger partial charge in [-0.25, -0.2) is 4.39 Å². The Hall–Kier alpha value is -1.53. The molecule has 0 aliphatic carbocycles. The van der Waals surface area contributed by atoms with Gasteiger partial charge in [0.1, 0.15) is 5.82 Å². The number of nitrogens with zero attached hydrogens (tertiary/aromatic N) is 3. The van der Waals surface area contributed by atoms with Crippen LogP contribution in [0.2, 0.25) is 0 Å². The van der Waals surface area contributed by atoms with Crippen LogP contribution in [-0.2, 0) is 0 Å².